The Kier molecular flexibility index (Phi) is 5.39. The third kappa shape index (κ3) is 4.62. The van der Waals surface area contributed by atoms with Crippen LogP contribution in [0.1, 0.15) is 0 Å². The van der Waals surface area contributed by atoms with E-state index in [4.69, 9.17) is 16.3 Å². The van der Waals surface area contributed by atoms with Crippen LogP contribution in [0.3, 0.4) is 0 Å². The van der Waals surface area contributed by atoms with Crippen LogP contribution in [0.25, 0.3) is 0 Å². The maximum Gasteiger partial charge on any atom is 0.124 e. The largest absolute Gasteiger partial charge is 0.390 e. The van der Waals surface area contributed by atoms with Gasteiger partial charge in [0.2, 0.25) is 0 Å². The molecule has 6 heteroatoms. The number of aliphatic hydroxyl groups excluding tert-OH is 1. The third-order valence-electron chi connectivity index (χ3n) is 3.03. The Morgan fingerprint density at radius 1 is 1.42 bits per heavy atom. The maximum absolute atomic E-state index is 12.9. The number of benzene rings is 1. The number of hydrogen-bond donors (Lipinski definition) is 2. The first-order chi connectivity index (χ1) is 9.15. The molecule has 4 nitrogen and oxygen atoms in total. The molecule has 0 radical (unpaired) electrons. The minimum absolute atomic E-state index is 0.318. The lowest BCUT2D eigenvalue weighted by Gasteiger charge is -2.28. The van der Waals surface area contributed by atoms with Gasteiger partial charge in [0.05, 0.1) is 30.0 Å². The van der Waals surface area contributed by atoms with Gasteiger partial charge in [0.1, 0.15) is 5.82 Å². The zero-order valence-electron chi connectivity index (χ0n) is 10.6. The van der Waals surface area contributed by atoms with Gasteiger partial charge in [0, 0.05) is 26.2 Å². The summed E-state index contributed by atoms with van der Waals surface area (Å²) in [5, 5.41) is 13.3. The van der Waals surface area contributed by atoms with Crippen molar-refractivity contribution in [2.45, 2.75) is 6.10 Å². The molecule has 1 aliphatic heterocycles. The SMILES string of the molecule is OC(CNc1ccc(F)cc1Cl)CN1CCOCC1. The molecule has 1 atom stereocenters. The van der Waals surface area contributed by atoms with E-state index in [0.29, 0.717) is 37.0 Å². The number of aliphatic hydroxyl groups is 1. The van der Waals surface area contributed by atoms with E-state index in [1.165, 1.54) is 12.1 Å². The quantitative estimate of drug-likeness (QED) is 0.864. The van der Waals surface area contributed by atoms with Crippen LogP contribution in [-0.4, -0.2) is 55.5 Å². The number of β-amino-alcohol motifs (C(OH)–C–C–N with tert-alkyl or cyclic N) is 1. The molecule has 0 saturated carbocycles. The molecular formula is C13H18ClFN2O2. The molecule has 1 saturated heterocycles. The van der Waals surface area contributed by atoms with Crippen molar-refractivity contribution in [3.05, 3.63) is 29.0 Å². The van der Waals surface area contributed by atoms with Gasteiger partial charge in [-0.15, -0.1) is 0 Å². The van der Waals surface area contributed by atoms with Gasteiger partial charge < -0.3 is 15.2 Å². The molecule has 1 fully saturated rings. The molecule has 2 rings (SSSR count). The highest BCUT2D eigenvalue weighted by atomic mass is 35.5. The number of morpholine rings is 1. The Bertz CT molecular complexity index is 414. The predicted molar refractivity (Wildman–Crippen MR) is 73.2 cm³/mol. The molecular weight excluding hydrogens is 271 g/mol. The number of hydrogen-bond acceptors (Lipinski definition) is 4. The molecule has 1 aliphatic rings. The molecule has 0 bridgehead atoms. The summed E-state index contributed by atoms with van der Waals surface area (Å²) in [6, 6.07) is 4.15. The Morgan fingerprint density at radius 3 is 2.84 bits per heavy atom. The summed E-state index contributed by atoms with van der Waals surface area (Å²) in [7, 11) is 0. The highest BCUT2D eigenvalue weighted by Crippen LogP contribution is 2.22. The zero-order valence-corrected chi connectivity index (χ0v) is 11.4. The second kappa shape index (κ2) is 7.05. The smallest absolute Gasteiger partial charge is 0.124 e. The van der Waals surface area contributed by atoms with Crippen molar-refractivity contribution < 1.29 is 14.2 Å². The van der Waals surface area contributed by atoms with Gasteiger partial charge in [-0.25, -0.2) is 4.39 Å². The number of rotatable bonds is 5. The van der Waals surface area contributed by atoms with Crippen LogP contribution in [-0.2, 0) is 4.74 Å². The van der Waals surface area contributed by atoms with Crippen molar-refractivity contribution in [1.82, 2.24) is 4.90 Å². The van der Waals surface area contributed by atoms with Crippen molar-refractivity contribution in [2.75, 3.05) is 44.7 Å². The Morgan fingerprint density at radius 2 is 2.16 bits per heavy atom. The number of anilines is 1. The van der Waals surface area contributed by atoms with Gasteiger partial charge in [-0.1, -0.05) is 11.6 Å². The lowest BCUT2D eigenvalue weighted by Crippen LogP contribution is -2.42. The number of halogens is 2. The fourth-order valence-corrected chi connectivity index (χ4v) is 2.24. The van der Waals surface area contributed by atoms with E-state index >= 15 is 0 Å². The summed E-state index contributed by atoms with van der Waals surface area (Å²) in [4.78, 5) is 2.15. The molecule has 0 spiro atoms. The summed E-state index contributed by atoms with van der Waals surface area (Å²) in [6.45, 7) is 4.08. The van der Waals surface area contributed by atoms with Crippen LogP contribution in [0.2, 0.25) is 5.02 Å². The molecule has 0 aliphatic carbocycles. The fourth-order valence-electron chi connectivity index (χ4n) is 2.01. The first kappa shape index (κ1) is 14.5. The van der Waals surface area contributed by atoms with E-state index in [9.17, 15) is 9.50 Å². The normalized spacial score (nSPS) is 18.3. The Hall–Kier alpha value is -0.880. The third-order valence-corrected chi connectivity index (χ3v) is 3.34. The molecule has 1 aromatic carbocycles. The highest BCUT2D eigenvalue weighted by Gasteiger charge is 2.14. The van der Waals surface area contributed by atoms with Gasteiger partial charge in [-0.05, 0) is 18.2 Å². The zero-order chi connectivity index (χ0) is 13.7. The van der Waals surface area contributed by atoms with Gasteiger partial charge in [0.25, 0.3) is 0 Å². The molecule has 2 N–H and O–H groups in total. The van der Waals surface area contributed by atoms with E-state index in [0.717, 1.165) is 13.1 Å². The summed E-state index contributed by atoms with van der Waals surface area (Å²) in [6.07, 6.45) is -0.501. The van der Waals surface area contributed by atoms with Crippen molar-refractivity contribution >= 4 is 17.3 Å². The topological polar surface area (TPSA) is 44.7 Å². The van der Waals surface area contributed by atoms with Crippen LogP contribution < -0.4 is 5.32 Å². The second-order valence-corrected chi connectivity index (χ2v) is 4.98. The number of nitrogens with one attached hydrogen (secondary N) is 1. The van der Waals surface area contributed by atoms with E-state index < -0.39 is 6.10 Å². The fraction of sp³-hybridized carbons (Fsp3) is 0.538. The van der Waals surface area contributed by atoms with E-state index in [-0.39, 0.29) is 5.82 Å². The first-order valence-corrected chi connectivity index (χ1v) is 6.70. The Balaban J connectivity index is 1.77. The van der Waals surface area contributed by atoms with E-state index in [1.807, 2.05) is 0 Å². The summed E-state index contributed by atoms with van der Waals surface area (Å²) < 4.78 is 18.1. The van der Waals surface area contributed by atoms with E-state index in [1.54, 1.807) is 6.07 Å². The minimum atomic E-state index is -0.501. The molecule has 0 amide bonds. The van der Waals surface area contributed by atoms with Crippen LogP contribution >= 0.6 is 11.6 Å². The lowest BCUT2D eigenvalue weighted by atomic mass is 10.2. The summed E-state index contributed by atoms with van der Waals surface area (Å²) in [5.41, 5.74) is 0.629. The molecule has 1 aromatic rings. The van der Waals surface area contributed by atoms with Crippen molar-refractivity contribution in [1.29, 1.82) is 0 Å². The summed E-state index contributed by atoms with van der Waals surface area (Å²) in [5.74, 6) is -0.371. The average molecular weight is 289 g/mol. The molecule has 1 unspecified atom stereocenters. The first-order valence-electron chi connectivity index (χ1n) is 6.32. The van der Waals surface area contributed by atoms with Gasteiger partial charge in [0.15, 0.2) is 0 Å². The Labute approximate surface area is 117 Å². The highest BCUT2D eigenvalue weighted by molar-refractivity contribution is 6.33. The molecule has 0 aromatic heterocycles. The predicted octanol–water partition coefficient (Wildman–Crippen LogP) is 1.58. The maximum atomic E-state index is 12.9. The van der Waals surface area contributed by atoms with E-state index in [2.05, 4.69) is 10.2 Å². The van der Waals surface area contributed by atoms with Gasteiger partial charge in [-0.3, -0.25) is 4.90 Å². The molecule has 106 valence electrons. The number of ether oxygens (including phenoxy) is 1. The monoisotopic (exact) mass is 288 g/mol. The van der Waals surface area contributed by atoms with Crippen LogP contribution in [0, 0.1) is 5.82 Å². The number of nitrogens with zero attached hydrogens (tertiary/aromatic N) is 1. The van der Waals surface area contributed by atoms with Crippen LogP contribution in [0.15, 0.2) is 18.2 Å². The van der Waals surface area contributed by atoms with Gasteiger partial charge in [-0.2, -0.15) is 0 Å². The van der Waals surface area contributed by atoms with Crippen LogP contribution in [0.5, 0.6) is 0 Å². The summed E-state index contributed by atoms with van der Waals surface area (Å²) >= 11 is 5.89. The molecule has 1 heterocycles. The molecule has 19 heavy (non-hydrogen) atoms. The van der Waals surface area contributed by atoms with Crippen LogP contribution in [0.4, 0.5) is 10.1 Å². The average Bonchev–Trinajstić information content (AvgIpc) is 2.39. The van der Waals surface area contributed by atoms with Crippen molar-refractivity contribution in [3.8, 4) is 0 Å². The van der Waals surface area contributed by atoms with Crippen molar-refractivity contribution in [2.24, 2.45) is 0 Å². The van der Waals surface area contributed by atoms with Gasteiger partial charge >= 0.3 is 0 Å². The lowest BCUT2D eigenvalue weighted by molar-refractivity contribution is 0.0171. The standard InChI is InChI=1S/C13H18ClFN2O2/c14-12-7-10(15)1-2-13(12)16-8-11(18)9-17-3-5-19-6-4-17/h1-2,7,11,16,18H,3-6,8-9H2. The second-order valence-electron chi connectivity index (χ2n) is 4.57. The minimum Gasteiger partial charge on any atom is -0.390 e. The van der Waals surface area contributed by atoms with Crippen molar-refractivity contribution in [3.63, 3.8) is 0 Å².